The number of phenolic OH excluding ortho intramolecular Hbond substituents is 1. The molecule has 2 fully saturated rings. The molecule has 2 N–H and O–H groups in total. The lowest BCUT2D eigenvalue weighted by molar-refractivity contribution is -0.0123. The Morgan fingerprint density at radius 1 is 1.17 bits per heavy atom. The number of ether oxygens (including phenoxy) is 2. The van der Waals surface area contributed by atoms with E-state index in [9.17, 15) is 19.0 Å². The molecule has 246 valence electrons. The van der Waals surface area contributed by atoms with Crippen molar-refractivity contribution in [3.63, 3.8) is 0 Å². The molecule has 0 saturated carbocycles. The van der Waals surface area contributed by atoms with Gasteiger partial charge in [0.15, 0.2) is 5.82 Å². The van der Waals surface area contributed by atoms with Gasteiger partial charge in [-0.1, -0.05) is 30.5 Å². The molecular formula is C35H34ClF3N4O4. The summed E-state index contributed by atoms with van der Waals surface area (Å²) in [5, 5.41) is 22.3. The molecule has 2 aliphatic rings. The van der Waals surface area contributed by atoms with Crippen LogP contribution in [0.1, 0.15) is 25.8 Å². The van der Waals surface area contributed by atoms with Gasteiger partial charge in [0, 0.05) is 41.4 Å². The molecule has 0 spiro atoms. The molecule has 4 aromatic rings. The fraction of sp³-hybridized carbons (Fsp3) is 0.371. The second kappa shape index (κ2) is 12.5. The number of benzene rings is 3. The number of phenols is 1. The van der Waals surface area contributed by atoms with E-state index in [1.54, 1.807) is 11.8 Å². The highest BCUT2D eigenvalue weighted by Gasteiger charge is 2.36. The number of aromatic hydroxyl groups is 1. The number of rotatable bonds is 5. The van der Waals surface area contributed by atoms with E-state index in [0.29, 0.717) is 43.3 Å². The average Bonchev–Trinajstić information content (AvgIpc) is 3.20. The number of anilines is 1. The monoisotopic (exact) mass is 666 g/mol. The molecule has 3 heterocycles. The van der Waals surface area contributed by atoms with Crippen molar-refractivity contribution < 1.29 is 32.9 Å². The van der Waals surface area contributed by atoms with Crippen LogP contribution in [-0.4, -0.2) is 83.7 Å². The minimum Gasteiger partial charge on any atom is -0.508 e. The largest absolute Gasteiger partial charge is 0.508 e. The van der Waals surface area contributed by atoms with Gasteiger partial charge in [0.05, 0.1) is 36.7 Å². The number of halogens is 4. The first-order chi connectivity index (χ1) is 22.3. The quantitative estimate of drug-likeness (QED) is 0.243. The van der Waals surface area contributed by atoms with E-state index in [4.69, 9.17) is 27.5 Å². The lowest BCUT2D eigenvalue weighted by Crippen LogP contribution is -2.44. The summed E-state index contributed by atoms with van der Waals surface area (Å²) in [5.41, 5.74) is -1.75. The van der Waals surface area contributed by atoms with Crippen molar-refractivity contribution in [2.45, 2.75) is 25.9 Å². The number of likely N-dealkylation sites (tertiary alicyclic amines) is 1. The van der Waals surface area contributed by atoms with Crippen LogP contribution in [0.2, 0.25) is 5.02 Å². The molecular weight excluding hydrogens is 633 g/mol. The molecule has 12 heteroatoms. The summed E-state index contributed by atoms with van der Waals surface area (Å²) < 4.78 is 57.6. The number of piperidine rings is 1. The second-order valence-electron chi connectivity index (χ2n) is 12.9. The zero-order valence-electron chi connectivity index (χ0n) is 26.2. The summed E-state index contributed by atoms with van der Waals surface area (Å²) in [6.45, 7) is 5.47. The normalized spacial score (nSPS) is 23.3. The van der Waals surface area contributed by atoms with Crippen LogP contribution in [0.5, 0.6) is 11.8 Å². The molecule has 8 nitrogen and oxygen atoms in total. The maximum atomic E-state index is 17.0. The molecule has 0 bridgehead atoms. The summed E-state index contributed by atoms with van der Waals surface area (Å²) in [7, 11) is 1.94. The van der Waals surface area contributed by atoms with Crippen molar-refractivity contribution in [3.05, 3.63) is 64.5 Å². The third-order valence-electron chi connectivity index (χ3n) is 8.87. The van der Waals surface area contributed by atoms with Gasteiger partial charge >= 0.3 is 6.01 Å². The summed E-state index contributed by atoms with van der Waals surface area (Å²) in [4.78, 5) is 13.0. The van der Waals surface area contributed by atoms with Crippen molar-refractivity contribution in [1.29, 1.82) is 0 Å². The van der Waals surface area contributed by atoms with E-state index in [1.165, 1.54) is 30.3 Å². The highest BCUT2D eigenvalue weighted by Crippen LogP contribution is 2.44. The number of fused-ring (bicyclic) bond motifs is 2. The van der Waals surface area contributed by atoms with Gasteiger partial charge in [-0.2, -0.15) is 9.97 Å². The van der Waals surface area contributed by atoms with Gasteiger partial charge in [-0.25, -0.2) is 13.2 Å². The van der Waals surface area contributed by atoms with E-state index < -0.39 is 22.7 Å². The molecule has 0 unspecified atom stereocenters. The zero-order chi connectivity index (χ0) is 33.7. The predicted octanol–water partition coefficient (Wildman–Crippen LogP) is 6.23. The zero-order valence-corrected chi connectivity index (χ0v) is 27.0. The molecule has 1 aromatic heterocycles. The number of aromatic nitrogens is 2. The minimum absolute atomic E-state index is 0.00291. The Kier molecular flexibility index (Phi) is 8.74. The Bertz CT molecular complexity index is 1960. The van der Waals surface area contributed by atoms with Crippen LogP contribution >= 0.6 is 11.6 Å². The molecule has 3 aromatic carbocycles. The maximum absolute atomic E-state index is 17.0. The van der Waals surface area contributed by atoms with Crippen molar-refractivity contribution >= 4 is 39.1 Å². The van der Waals surface area contributed by atoms with Crippen LogP contribution < -0.4 is 9.64 Å². The van der Waals surface area contributed by atoms with Gasteiger partial charge in [0.1, 0.15) is 35.1 Å². The maximum Gasteiger partial charge on any atom is 0.319 e. The Labute approximate surface area is 275 Å². The van der Waals surface area contributed by atoms with Gasteiger partial charge in [-0.15, -0.1) is 6.42 Å². The van der Waals surface area contributed by atoms with E-state index in [2.05, 4.69) is 20.8 Å². The van der Waals surface area contributed by atoms with Crippen molar-refractivity contribution in [3.8, 4) is 35.2 Å². The van der Waals surface area contributed by atoms with Crippen LogP contribution in [0.25, 0.3) is 32.8 Å². The van der Waals surface area contributed by atoms with Gasteiger partial charge in [-0.05, 0) is 61.2 Å². The fourth-order valence-corrected chi connectivity index (χ4v) is 6.89. The van der Waals surface area contributed by atoms with Crippen LogP contribution in [-0.2, 0) is 4.74 Å². The Morgan fingerprint density at radius 3 is 2.70 bits per heavy atom. The Morgan fingerprint density at radius 2 is 1.96 bits per heavy atom. The number of hydrogen-bond acceptors (Lipinski definition) is 8. The number of terminal acetylenes is 1. The predicted molar refractivity (Wildman–Crippen MR) is 176 cm³/mol. The first-order valence-corrected chi connectivity index (χ1v) is 15.5. The van der Waals surface area contributed by atoms with Crippen molar-refractivity contribution in [2.75, 3.05) is 57.9 Å². The van der Waals surface area contributed by atoms with Crippen LogP contribution in [0.3, 0.4) is 0 Å². The first kappa shape index (κ1) is 32.8. The lowest BCUT2D eigenvalue weighted by Gasteiger charge is -2.40. The molecule has 2 saturated heterocycles. The molecule has 0 aliphatic carbocycles. The molecule has 47 heavy (non-hydrogen) atoms. The van der Waals surface area contributed by atoms with E-state index in [1.807, 2.05) is 14.0 Å². The highest BCUT2D eigenvalue weighted by atomic mass is 35.5. The Hall–Kier alpha value is -4.08. The Balaban J connectivity index is 1.57. The summed E-state index contributed by atoms with van der Waals surface area (Å²) in [6.07, 6.45) is 6.81. The van der Waals surface area contributed by atoms with Gasteiger partial charge in [-0.3, -0.25) is 0 Å². The summed E-state index contributed by atoms with van der Waals surface area (Å²) >= 11 is 6.80. The number of aliphatic hydroxyl groups is 1. The van der Waals surface area contributed by atoms with Crippen LogP contribution in [0, 0.1) is 29.4 Å². The van der Waals surface area contributed by atoms with E-state index in [-0.39, 0.29) is 81.9 Å². The molecule has 6 rings (SSSR count). The number of nitrogens with zero attached hydrogens (tertiary/aromatic N) is 4. The summed E-state index contributed by atoms with van der Waals surface area (Å²) in [6, 6.07) is 6.59. The van der Waals surface area contributed by atoms with Gasteiger partial charge in [0.2, 0.25) is 0 Å². The van der Waals surface area contributed by atoms with E-state index in [0.717, 1.165) is 0 Å². The first-order valence-electron chi connectivity index (χ1n) is 15.1. The molecule has 0 radical (unpaired) electrons. The number of hydrogen-bond donors (Lipinski definition) is 2. The fourth-order valence-electron chi connectivity index (χ4n) is 6.60. The topological polar surface area (TPSA) is 91.2 Å². The molecule has 0 amide bonds. The second-order valence-corrected chi connectivity index (χ2v) is 13.3. The van der Waals surface area contributed by atoms with Crippen molar-refractivity contribution in [1.82, 2.24) is 14.9 Å². The highest BCUT2D eigenvalue weighted by molar-refractivity contribution is 6.35. The average molecular weight is 667 g/mol. The van der Waals surface area contributed by atoms with Crippen LogP contribution in [0.15, 0.2) is 42.2 Å². The third kappa shape index (κ3) is 6.19. The molecule has 2 atom stereocenters. The molecule has 2 aliphatic heterocycles. The minimum atomic E-state index is -1.26. The lowest BCUT2D eigenvalue weighted by atomic mass is 9.78. The standard InChI is InChI=1S/C35H34ClF3N4O4/c1-5-23-27(38)7-6-20-12-22(44)13-24(28(20)23)29-26(36)14-25-31(30(29)39)40-33(41-32(25)43-10-11-46-19-35(3,45)17-43)47-18-34(2)16-42(4)9-8-21(34)15-37/h1,6-7,12-15,44-45H,8-11,16-19H2,2-4H3/b21-15+/t34-,35-/m0/s1. The van der Waals surface area contributed by atoms with Crippen LogP contribution in [0.4, 0.5) is 19.0 Å². The summed E-state index contributed by atoms with van der Waals surface area (Å²) in [5.74, 6) is 0.795. The SMILES string of the molecule is C#Cc1c(F)ccc2cc(O)cc(-c3c(Cl)cc4c(N5CCOC[C@@](C)(O)C5)nc(OC[C@]5(C)CN(C)CC/C5=C\F)nc4c3F)c12. The van der Waals surface area contributed by atoms with E-state index >= 15 is 4.39 Å². The number of β-amino-alcohol motifs (C(OH)–C–C–N with tert-alkyl or cyclic N) is 1. The van der Waals surface area contributed by atoms with Crippen molar-refractivity contribution in [2.24, 2.45) is 5.41 Å². The smallest absolute Gasteiger partial charge is 0.319 e. The van der Waals surface area contributed by atoms with Gasteiger partial charge < -0.3 is 29.5 Å². The third-order valence-corrected chi connectivity index (χ3v) is 9.16. The van der Waals surface area contributed by atoms with Gasteiger partial charge in [0.25, 0.3) is 0 Å².